The number of hydrogen-bond donors (Lipinski definition) is 1. The molecule has 0 aliphatic rings. The molecule has 0 bridgehead atoms. The topological polar surface area (TPSA) is 44.0 Å². The van der Waals surface area contributed by atoms with Crippen molar-refractivity contribution in [3.63, 3.8) is 0 Å². The van der Waals surface area contributed by atoms with Crippen molar-refractivity contribution in [2.75, 3.05) is 5.75 Å². The third-order valence-corrected chi connectivity index (χ3v) is 1.68. The molecule has 0 unspecified atom stereocenters. The van der Waals surface area contributed by atoms with Crippen LogP contribution in [-0.2, 0) is 0 Å². The highest BCUT2D eigenvalue weighted by Gasteiger charge is 1.97. The maximum absolute atomic E-state index is 8.78. The molecule has 0 aromatic heterocycles. The van der Waals surface area contributed by atoms with Crippen LogP contribution in [0.25, 0.3) is 0 Å². The van der Waals surface area contributed by atoms with Crippen molar-refractivity contribution in [2.24, 2.45) is 0 Å². The van der Waals surface area contributed by atoms with Crippen LogP contribution in [0.15, 0.2) is 10.7 Å². The molecule has 0 aromatic carbocycles. The Morgan fingerprint density at radius 1 is 1.78 bits per heavy atom. The molecule has 0 saturated heterocycles. The van der Waals surface area contributed by atoms with E-state index in [4.69, 9.17) is 10.4 Å². The maximum atomic E-state index is 8.78. The zero-order valence-electron chi connectivity index (χ0n) is 5.51. The first-order valence-electron chi connectivity index (χ1n) is 2.65. The Balaban J connectivity index is 4.04. The Kier molecular flexibility index (Phi) is 3.98. The van der Waals surface area contributed by atoms with Gasteiger partial charge < -0.3 is 5.11 Å². The van der Waals surface area contributed by atoms with Crippen LogP contribution in [0.2, 0.25) is 0 Å². The molecular weight excluding hydrogens is 134 g/mol. The van der Waals surface area contributed by atoms with E-state index in [2.05, 4.69) is 0 Å². The van der Waals surface area contributed by atoms with E-state index in [1.807, 2.05) is 13.0 Å². The van der Waals surface area contributed by atoms with Gasteiger partial charge in [0.05, 0.1) is 0 Å². The van der Waals surface area contributed by atoms with E-state index in [9.17, 15) is 0 Å². The SMILES string of the molecule is CCSC(C#N)=C(C)O. The van der Waals surface area contributed by atoms with Gasteiger partial charge in [0.15, 0.2) is 0 Å². The summed E-state index contributed by atoms with van der Waals surface area (Å²) in [5.41, 5.74) is 0. The number of aliphatic hydroxyl groups excluding tert-OH is 1. The fourth-order valence-corrected chi connectivity index (χ4v) is 0.924. The fraction of sp³-hybridized carbons (Fsp3) is 0.500. The highest BCUT2D eigenvalue weighted by atomic mass is 32.2. The summed E-state index contributed by atoms with van der Waals surface area (Å²) in [5.74, 6) is 0.935. The zero-order chi connectivity index (χ0) is 7.28. The van der Waals surface area contributed by atoms with Crippen molar-refractivity contribution in [1.29, 1.82) is 5.26 Å². The lowest BCUT2D eigenvalue weighted by Gasteiger charge is -1.93. The van der Waals surface area contributed by atoms with Crippen LogP contribution in [0.4, 0.5) is 0 Å². The van der Waals surface area contributed by atoms with E-state index in [0.29, 0.717) is 4.91 Å². The lowest BCUT2D eigenvalue weighted by molar-refractivity contribution is 0.413. The summed E-state index contributed by atoms with van der Waals surface area (Å²) in [6.45, 7) is 3.45. The molecule has 0 atom stereocenters. The molecule has 0 rings (SSSR count). The molecule has 0 radical (unpaired) electrons. The van der Waals surface area contributed by atoms with Crippen LogP contribution in [0.1, 0.15) is 13.8 Å². The molecule has 0 spiro atoms. The monoisotopic (exact) mass is 143 g/mol. The average molecular weight is 143 g/mol. The number of nitrogens with zero attached hydrogens (tertiary/aromatic N) is 1. The summed E-state index contributed by atoms with van der Waals surface area (Å²) in [7, 11) is 0. The third kappa shape index (κ3) is 3.04. The number of thioether (sulfide) groups is 1. The number of nitriles is 1. The Hall–Kier alpha value is -0.620. The molecule has 0 amide bonds. The molecule has 0 aromatic rings. The smallest absolute Gasteiger partial charge is 0.122 e. The predicted molar refractivity (Wildman–Crippen MR) is 39.1 cm³/mol. The Bertz CT molecular complexity index is 153. The van der Waals surface area contributed by atoms with Crippen molar-refractivity contribution in [3.05, 3.63) is 10.7 Å². The maximum Gasteiger partial charge on any atom is 0.122 e. The first kappa shape index (κ1) is 8.38. The van der Waals surface area contributed by atoms with Crippen molar-refractivity contribution in [3.8, 4) is 6.07 Å². The van der Waals surface area contributed by atoms with Gasteiger partial charge >= 0.3 is 0 Å². The van der Waals surface area contributed by atoms with E-state index in [-0.39, 0.29) is 5.76 Å². The van der Waals surface area contributed by atoms with Crippen LogP contribution in [-0.4, -0.2) is 10.9 Å². The normalized spacial score (nSPS) is 12.1. The second-order valence-corrected chi connectivity index (χ2v) is 2.73. The highest BCUT2D eigenvalue weighted by molar-refractivity contribution is 8.03. The van der Waals surface area contributed by atoms with Crippen molar-refractivity contribution >= 4 is 11.8 Å². The quantitative estimate of drug-likeness (QED) is 0.475. The second-order valence-electron chi connectivity index (χ2n) is 1.46. The zero-order valence-corrected chi connectivity index (χ0v) is 6.33. The van der Waals surface area contributed by atoms with Gasteiger partial charge in [-0.1, -0.05) is 6.92 Å². The van der Waals surface area contributed by atoms with E-state index < -0.39 is 0 Å². The standard InChI is InChI=1S/C6H9NOS/c1-3-9-6(4-7)5(2)8/h8H,3H2,1-2H3. The van der Waals surface area contributed by atoms with Gasteiger partial charge in [-0.15, -0.1) is 11.8 Å². The van der Waals surface area contributed by atoms with Crippen molar-refractivity contribution < 1.29 is 5.11 Å². The van der Waals surface area contributed by atoms with Gasteiger partial charge in [-0.2, -0.15) is 5.26 Å². The number of hydrogen-bond acceptors (Lipinski definition) is 3. The molecule has 9 heavy (non-hydrogen) atoms. The van der Waals surface area contributed by atoms with Crippen LogP contribution < -0.4 is 0 Å². The lowest BCUT2D eigenvalue weighted by atomic mass is 10.5. The Labute approximate surface area is 59.2 Å². The van der Waals surface area contributed by atoms with Crippen LogP contribution in [0.3, 0.4) is 0 Å². The van der Waals surface area contributed by atoms with Crippen LogP contribution in [0, 0.1) is 11.3 Å². The molecule has 0 fully saturated rings. The minimum Gasteiger partial charge on any atom is -0.511 e. The average Bonchev–Trinajstić information content (AvgIpc) is 1.82. The number of aliphatic hydroxyl groups is 1. The molecular formula is C6H9NOS. The molecule has 50 valence electrons. The first-order chi connectivity index (χ1) is 4.22. The highest BCUT2D eigenvalue weighted by Crippen LogP contribution is 2.16. The van der Waals surface area contributed by atoms with E-state index in [0.717, 1.165) is 5.75 Å². The van der Waals surface area contributed by atoms with E-state index in [1.165, 1.54) is 18.7 Å². The predicted octanol–water partition coefficient (Wildman–Crippen LogP) is 2.05. The molecule has 1 N–H and O–H groups in total. The van der Waals surface area contributed by atoms with E-state index in [1.54, 1.807) is 0 Å². The summed E-state index contributed by atoms with van der Waals surface area (Å²) in [5, 5.41) is 17.1. The summed E-state index contributed by atoms with van der Waals surface area (Å²) in [6, 6.07) is 1.90. The molecule has 0 aliphatic carbocycles. The summed E-state index contributed by atoms with van der Waals surface area (Å²) < 4.78 is 0. The Morgan fingerprint density at radius 3 is 2.44 bits per heavy atom. The minimum atomic E-state index is 0.115. The summed E-state index contributed by atoms with van der Waals surface area (Å²) >= 11 is 1.35. The molecule has 0 saturated carbocycles. The molecule has 2 nitrogen and oxygen atoms in total. The molecule has 3 heteroatoms. The van der Waals surface area contributed by atoms with Gasteiger partial charge in [0.25, 0.3) is 0 Å². The van der Waals surface area contributed by atoms with Gasteiger partial charge in [0.1, 0.15) is 16.7 Å². The van der Waals surface area contributed by atoms with Gasteiger partial charge in [-0.25, -0.2) is 0 Å². The molecule has 0 aliphatic heterocycles. The lowest BCUT2D eigenvalue weighted by Crippen LogP contribution is -1.79. The van der Waals surface area contributed by atoms with Gasteiger partial charge in [0.2, 0.25) is 0 Å². The Morgan fingerprint density at radius 2 is 2.33 bits per heavy atom. The largest absolute Gasteiger partial charge is 0.511 e. The van der Waals surface area contributed by atoms with Gasteiger partial charge in [-0.3, -0.25) is 0 Å². The first-order valence-corrected chi connectivity index (χ1v) is 3.63. The van der Waals surface area contributed by atoms with E-state index >= 15 is 0 Å². The summed E-state index contributed by atoms with van der Waals surface area (Å²) in [4.78, 5) is 0.414. The number of allylic oxidation sites excluding steroid dienone is 2. The molecule has 0 heterocycles. The second kappa shape index (κ2) is 4.28. The number of rotatable bonds is 2. The fourth-order valence-electron chi connectivity index (χ4n) is 0.362. The minimum absolute atomic E-state index is 0.115. The third-order valence-electron chi connectivity index (χ3n) is 0.719. The van der Waals surface area contributed by atoms with Crippen LogP contribution in [0.5, 0.6) is 0 Å². The van der Waals surface area contributed by atoms with Crippen molar-refractivity contribution in [1.82, 2.24) is 0 Å². The van der Waals surface area contributed by atoms with Gasteiger partial charge in [0, 0.05) is 0 Å². The van der Waals surface area contributed by atoms with Crippen LogP contribution >= 0.6 is 11.8 Å². The van der Waals surface area contributed by atoms with Crippen molar-refractivity contribution in [2.45, 2.75) is 13.8 Å². The van der Waals surface area contributed by atoms with Gasteiger partial charge in [-0.05, 0) is 12.7 Å². The summed E-state index contributed by atoms with van der Waals surface area (Å²) in [6.07, 6.45) is 0.